The first-order valence-electron chi connectivity index (χ1n) is 13.1. The lowest BCUT2D eigenvalue weighted by Gasteiger charge is -2.34. The topological polar surface area (TPSA) is 58.9 Å². The molecule has 0 aliphatic carbocycles. The molecule has 1 fully saturated rings. The Morgan fingerprint density at radius 2 is 1.74 bits per heavy atom. The number of aromatic nitrogens is 2. The van der Waals surface area contributed by atoms with Crippen LogP contribution in [0.1, 0.15) is 58.6 Å². The number of benzene rings is 2. The van der Waals surface area contributed by atoms with Gasteiger partial charge in [-0.25, -0.2) is 4.98 Å². The summed E-state index contributed by atoms with van der Waals surface area (Å²) in [5, 5.41) is 3.02. The predicted octanol–water partition coefficient (Wildman–Crippen LogP) is 6.24. The number of hydrogen-bond donors (Lipinski definition) is 1. The van der Waals surface area contributed by atoms with E-state index in [0.29, 0.717) is 30.1 Å². The lowest BCUT2D eigenvalue weighted by atomic mass is 9.88. The number of halogens is 3. The number of methoxy groups -OCH3 is 1. The molecule has 1 aliphatic rings. The van der Waals surface area contributed by atoms with Gasteiger partial charge < -0.3 is 15.0 Å². The summed E-state index contributed by atoms with van der Waals surface area (Å²) >= 11 is 0. The number of rotatable bonds is 7. The standard InChI is InChI=1S/C30H31F3N4O2/c1-3-26-28(37-17-14-25(39-2)18-27(37)35-26)29(38)34-19-20-4-10-24(11-5-20)36-15-12-22(13-16-36)21-6-8-23(9-7-21)30(31,32)33/h4-11,14,17-18,22H,3,12-13,15-16,19H2,1-2H3,(H,34,38). The summed E-state index contributed by atoms with van der Waals surface area (Å²) < 4.78 is 45.6. The van der Waals surface area contributed by atoms with Crippen molar-refractivity contribution in [3.05, 3.63) is 94.9 Å². The van der Waals surface area contributed by atoms with Crippen LogP contribution >= 0.6 is 0 Å². The molecule has 1 amide bonds. The number of aryl methyl sites for hydroxylation is 1. The van der Waals surface area contributed by atoms with E-state index in [2.05, 4.69) is 27.3 Å². The van der Waals surface area contributed by atoms with Gasteiger partial charge in [0.25, 0.3) is 5.91 Å². The molecule has 4 aromatic rings. The SMILES string of the molecule is CCc1nc2cc(OC)ccn2c1C(=O)NCc1ccc(N2CCC(c3ccc(C(F)(F)F)cc3)CC2)cc1. The van der Waals surface area contributed by atoms with Gasteiger partial charge in [-0.3, -0.25) is 9.20 Å². The van der Waals surface area contributed by atoms with Crippen molar-refractivity contribution in [2.75, 3.05) is 25.1 Å². The van der Waals surface area contributed by atoms with E-state index >= 15 is 0 Å². The Hall–Kier alpha value is -4.01. The van der Waals surface area contributed by atoms with Crippen molar-refractivity contribution in [3.8, 4) is 5.75 Å². The Balaban J connectivity index is 1.17. The molecular weight excluding hydrogens is 505 g/mol. The second-order valence-corrected chi connectivity index (χ2v) is 9.79. The minimum Gasteiger partial charge on any atom is -0.497 e. The first kappa shape index (κ1) is 26.6. The number of nitrogens with one attached hydrogen (secondary N) is 1. The Bertz CT molecular complexity index is 1440. The van der Waals surface area contributed by atoms with E-state index in [1.165, 1.54) is 12.1 Å². The van der Waals surface area contributed by atoms with Gasteiger partial charge in [0.2, 0.25) is 0 Å². The van der Waals surface area contributed by atoms with Gasteiger partial charge in [-0.1, -0.05) is 31.2 Å². The Morgan fingerprint density at radius 3 is 2.36 bits per heavy atom. The summed E-state index contributed by atoms with van der Waals surface area (Å²) in [6.45, 7) is 4.03. The van der Waals surface area contributed by atoms with Crippen LogP contribution in [0.25, 0.3) is 5.65 Å². The number of imidazole rings is 1. The predicted molar refractivity (Wildman–Crippen MR) is 144 cm³/mol. The zero-order chi connectivity index (χ0) is 27.6. The molecular formula is C30H31F3N4O2. The number of nitrogens with zero attached hydrogens (tertiary/aromatic N) is 3. The number of amides is 1. The molecule has 0 saturated carbocycles. The van der Waals surface area contributed by atoms with Gasteiger partial charge >= 0.3 is 6.18 Å². The van der Waals surface area contributed by atoms with E-state index in [1.807, 2.05) is 19.1 Å². The molecule has 3 heterocycles. The van der Waals surface area contributed by atoms with Gasteiger partial charge in [0.05, 0.1) is 18.4 Å². The van der Waals surface area contributed by atoms with E-state index in [0.717, 1.165) is 48.4 Å². The van der Waals surface area contributed by atoms with E-state index in [-0.39, 0.29) is 11.8 Å². The van der Waals surface area contributed by atoms with Crippen LogP contribution in [0.4, 0.5) is 18.9 Å². The highest BCUT2D eigenvalue weighted by atomic mass is 19.4. The summed E-state index contributed by atoms with van der Waals surface area (Å²) in [6, 6.07) is 17.3. The number of hydrogen-bond acceptors (Lipinski definition) is 4. The van der Waals surface area contributed by atoms with Crippen LogP contribution in [0.3, 0.4) is 0 Å². The van der Waals surface area contributed by atoms with Gasteiger partial charge in [0, 0.05) is 37.6 Å². The molecule has 1 aliphatic heterocycles. The molecule has 0 unspecified atom stereocenters. The van der Waals surface area contributed by atoms with Crippen LogP contribution < -0.4 is 15.0 Å². The smallest absolute Gasteiger partial charge is 0.416 e. The average Bonchev–Trinajstić information content (AvgIpc) is 3.34. The van der Waals surface area contributed by atoms with E-state index in [1.54, 1.807) is 42.0 Å². The molecule has 204 valence electrons. The highest BCUT2D eigenvalue weighted by molar-refractivity contribution is 5.94. The molecule has 5 rings (SSSR count). The van der Waals surface area contributed by atoms with Crippen LogP contribution in [-0.4, -0.2) is 35.5 Å². The first-order chi connectivity index (χ1) is 18.8. The normalized spacial score (nSPS) is 14.5. The molecule has 2 aromatic carbocycles. The second-order valence-electron chi connectivity index (χ2n) is 9.79. The largest absolute Gasteiger partial charge is 0.497 e. The average molecular weight is 537 g/mol. The minimum atomic E-state index is -4.31. The van der Waals surface area contributed by atoms with Crippen LogP contribution in [0.15, 0.2) is 66.9 Å². The summed E-state index contributed by atoms with van der Waals surface area (Å²) in [6.07, 6.45) is -0.109. The monoisotopic (exact) mass is 536 g/mol. The highest BCUT2D eigenvalue weighted by Gasteiger charge is 2.30. The van der Waals surface area contributed by atoms with Gasteiger partial charge in [0.1, 0.15) is 17.1 Å². The maximum absolute atomic E-state index is 13.1. The molecule has 39 heavy (non-hydrogen) atoms. The van der Waals surface area contributed by atoms with Gasteiger partial charge in [-0.15, -0.1) is 0 Å². The Labute approximate surface area is 225 Å². The number of anilines is 1. The molecule has 6 nitrogen and oxygen atoms in total. The van der Waals surface area contributed by atoms with Crippen LogP contribution in [-0.2, 0) is 19.1 Å². The maximum Gasteiger partial charge on any atom is 0.416 e. The summed E-state index contributed by atoms with van der Waals surface area (Å²) in [7, 11) is 1.60. The van der Waals surface area contributed by atoms with Crippen molar-refractivity contribution in [2.45, 2.75) is 44.8 Å². The number of pyridine rings is 1. The van der Waals surface area contributed by atoms with Gasteiger partial charge in [-0.2, -0.15) is 13.2 Å². The second kappa shape index (κ2) is 11.0. The number of alkyl halides is 3. The molecule has 0 spiro atoms. The molecule has 1 N–H and O–H groups in total. The third-order valence-electron chi connectivity index (χ3n) is 7.41. The van der Waals surface area contributed by atoms with Gasteiger partial charge in [-0.05, 0) is 66.6 Å². The molecule has 1 saturated heterocycles. The fraction of sp³-hybridized carbons (Fsp3) is 0.333. The number of carbonyl (C=O) groups is 1. The van der Waals surface area contributed by atoms with Crippen molar-refractivity contribution in [3.63, 3.8) is 0 Å². The number of piperidine rings is 1. The van der Waals surface area contributed by atoms with Crippen molar-refractivity contribution < 1.29 is 22.7 Å². The molecule has 9 heteroatoms. The molecule has 0 atom stereocenters. The van der Waals surface area contributed by atoms with Gasteiger partial charge in [0.15, 0.2) is 0 Å². The molecule has 2 aromatic heterocycles. The lowest BCUT2D eigenvalue weighted by molar-refractivity contribution is -0.137. The Morgan fingerprint density at radius 1 is 1.05 bits per heavy atom. The minimum absolute atomic E-state index is 0.182. The van der Waals surface area contributed by atoms with Crippen LogP contribution in [0.5, 0.6) is 5.75 Å². The third kappa shape index (κ3) is 5.72. The van der Waals surface area contributed by atoms with Crippen molar-refractivity contribution >= 4 is 17.2 Å². The Kier molecular flexibility index (Phi) is 7.50. The summed E-state index contributed by atoms with van der Waals surface area (Å²) in [5.74, 6) is 0.761. The summed E-state index contributed by atoms with van der Waals surface area (Å²) in [4.78, 5) is 20.0. The summed E-state index contributed by atoms with van der Waals surface area (Å²) in [5.41, 5.74) is 4.37. The van der Waals surface area contributed by atoms with Crippen molar-refractivity contribution in [1.29, 1.82) is 0 Å². The van der Waals surface area contributed by atoms with Crippen LogP contribution in [0, 0.1) is 0 Å². The van der Waals surface area contributed by atoms with E-state index < -0.39 is 11.7 Å². The number of ether oxygens (including phenoxy) is 1. The van der Waals surface area contributed by atoms with Crippen molar-refractivity contribution in [2.24, 2.45) is 0 Å². The zero-order valence-electron chi connectivity index (χ0n) is 22.0. The number of carbonyl (C=O) groups excluding carboxylic acids is 1. The fourth-order valence-corrected chi connectivity index (χ4v) is 5.19. The molecule has 0 radical (unpaired) electrons. The van der Waals surface area contributed by atoms with Crippen molar-refractivity contribution in [1.82, 2.24) is 14.7 Å². The number of fused-ring (bicyclic) bond motifs is 1. The quantitative estimate of drug-likeness (QED) is 0.304. The lowest BCUT2D eigenvalue weighted by Crippen LogP contribution is -2.32. The third-order valence-corrected chi connectivity index (χ3v) is 7.41. The van der Waals surface area contributed by atoms with Crippen LogP contribution in [0.2, 0.25) is 0 Å². The van der Waals surface area contributed by atoms with E-state index in [9.17, 15) is 18.0 Å². The maximum atomic E-state index is 13.1. The first-order valence-corrected chi connectivity index (χ1v) is 13.1. The zero-order valence-corrected chi connectivity index (χ0v) is 22.0. The fourth-order valence-electron chi connectivity index (χ4n) is 5.19. The molecule has 0 bridgehead atoms. The highest BCUT2D eigenvalue weighted by Crippen LogP contribution is 2.34. The van der Waals surface area contributed by atoms with E-state index in [4.69, 9.17) is 4.74 Å².